The molecule has 1 saturated heterocycles. The minimum Gasteiger partial charge on any atom is -0.476 e. The van der Waals surface area contributed by atoms with Crippen LogP contribution in [0.2, 0.25) is 0 Å². The van der Waals surface area contributed by atoms with E-state index in [9.17, 15) is 4.79 Å². The van der Waals surface area contributed by atoms with Gasteiger partial charge in [-0.1, -0.05) is 54.6 Å². The molecule has 0 radical (unpaired) electrons. The molecule has 3 aromatic carbocycles. The Morgan fingerprint density at radius 2 is 1.77 bits per heavy atom. The van der Waals surface area contributed by atoms with Crippen molar-refractivity contribution < 1.29 is 19.0 Å². The number of aromatic nitrogens is 2. The topological polar surface area (TPSA) is 65.8 Å². The highest BCUT2D eigenvalue weighted by atomic mass is 16.5. The number of esters is 1. The number of carbonyl (C=O) groups excluding carboxylic acids is 1. The van der Waals surface area contributed by atoms with Crippen molar-refractivity contribution in [3.05, 3.63) is 78.5 Å². The molecule has 0 atom stereocenters. The van der Waals surface area contributed by atoms with Gasteiger partial charge in [-0.05, 0) is 41.0 Å². The molecule has 0 spiro atoms. The third-order valence-corrected chi connectivity index (χ3v) is 6.18. The third kappa shape index (κ3) is 5.06. The predicted octanol–water partition coefficient (Wildman–Crippen LogP) is 4.58. The van der Waals surface area contributed by atoms with Crippen LogP contribution >= 0.6 is 0 Å². The summed E-state index contributed by atoms with van der Waals surface area (Å²) in [7, 11) is 0. The van der Waals surface area contributed by atoms with Crippen molar-refractivity contribution in [3.8, 4) is 22.7 Å². The summed E-state index contributed by atoms with van der Waals surface area (Å²) in [6, 6.07) is 22.8. The molecule has 0 amide bonds. The van der Waals surface area contributed by atoms with Crippen LogP contribution in [-0.2, 0) is 9.47 Å². The molecule has 180 valence electrons. The van der Waals surface area contributed by atoms with Crippen LogP contribution in [0.3, 0.4) is 0 Å². The lowest BCUT2D eigenvalue weighted by Gasteiger charge is -2.26. The first-order chi connectivity index (χ1) is 17.2. The van der Waals surface area contributed by atoms with Gasteiger partial charge in [-0.15, -0.1) is 0 Å². The van der Waals surface area contributed by atoms with E-state index >= 15 is 0 Å². The molecule has 1 aromatic heterocycles. The monoisotopic (exact) mass is 471 g/mol. The van der Waals surface area contributed by atoms with Gasteiger partial charge in [-0.3, -0.25) is 4.90 Å². The highest BCUT2D eigenvalue weighted by Crippen LogP contribution is 2.30. The van der Waals surface area contributed by atoms with Gasteiger partial charge >= 0.3 is 5.97 Å². The van der Waals surface area contributed by atoms with Crippen LogP contribution in [-0.4, -0.2) is 66.7 Å². The van der Waals surface area contributed by atoms with Crippen LogP contribution < -0.4 is 4.74 Å². The Morgan fingerprint density at radius 3 is 2.57 bits per heavy atom. The first kappa shape index (κ1) is 23.1. The van der Waals surface area contributed by atoms with Crippen LogP contribution in [0, 0.1) is 0 Å². The van der Waals surface area contributed by atoms with E-state index in [4.69, 9.17) is 14.2 Å². The average molecular weight is 472 g/mol. The Kier molecular flexibility index (Phi) is 7.07. The van der Waals surface area contributed by atoms with Gasteiger partial charge in [-0.25, -0.2) is 9.48 Å². The van der Waals surface area contributed by atoms with Crippen LogP contribution in [0.1, 0.15) is 17.3 Å². The lowest BCUT2D eigenvalue weighted by molar-refractivity contribution is 0.0316. The SMILES string of the molecule is CCOC(=O)c1cnn(-c2ccc(-c3cccc4ccccc34)cc2)c1OCCN1CCOCC1. The number of benzene rings is 3. The third-order valence-electron chi connectivity index (χ3n) is 6.18. The molecule has 4 aromatic rings. The van der Waals surface area contributed by atoms with Crippen molar-refractivity contribution in [3.63, 3.8) is 0 Å². The van der Waals surface area contributed by atoms with Crippen LogP contribution in [0.25, 0.3) is 27.6 Å². The molecule has 0 N–H and O–H groups in total. The summed E-state index contributed by atoms with van der Waals surface area (Å²) >= 11 is 0. The number of hydrogen-bond donors (Lipinski definition) is 0. The molecule has 1 aliphatic heterocycles. The Balaban J connectivity index is 1.41. The molecule has 0 aliphatic carbocycles. The van der Waals surface area contributed by atoms with Gasteiger partial charge in [0.1, 0.15) is 12.2 Å². The van der Waals surface area contributed by atoms with Crippen molar-refractivity contribution >= 4 is 16.7 Å². The van der Waals surface area contributed by atoms with Crippen molar-refractivity contribution in [2.45, 2.75) is 6.92 Å². The van der Waals surface area contributed by atoms with E-state index in [0.717, 1.165) is 44.1 Å². The van der Waals surface area contributed by atoms with Gasteiger partial charge in [0.2, 0.25) is 5.88 Å². The number of morpholine rings is 1. The quantitative estimate of drug-likeness (QED) is 0.351. The molecule has 1 fully saturated rings. The zero-order chi connectivity index (χ0) is 24.0. The number of carbonyl (C=O) groups is 1. The minimum atomic E-state index is -0.438. The molecule has 7 nitrogen and oxygen atoms in total. The van der Waals surface area contributed by atoms with E-state index < -0.39 is 5.97 Å². The zero-order valence-electron chi connectivity index (χ0n) is 19.9. The summed E-state index contributed by atoms with van der Waals surface area (Å²) in [5, 5.41) is 6.88. The Morgan fingerprint density at radius 1 is 1.00 bits per heavy atom. The smallest absolute Gasteiger partial charge is 0.345 e. The molecule has 35 heavy (non-hydrogen) atoms. The van der Waals surface area contributed by atoms with Crippen LogP contribution in [0.5, 0.6) is 5.88 Å². The van der Waals surface area contributed by atoms with Crippen molar-refractivity contribution in [1.29, 1.82) is 0 Å². The summed E-state index contributed by atoms with van der Waals surface area (Å²) in [5.41, 5.74) is 3.42. The summed E-state index contributed by atoms with van der Waals surface area (Å²) < 4.78 is 18.4. The highest BCUT2D eigenvalue weighted by Gasteiger charge is 2.22. The maximum absolute atomic E-state index is 12.6. The fraction of sp³-hybridized carbons (Fsp3) is 0.286. The number of rotatable bonds is 8. The fourth-order valence-electron chi connectivity index (χ4n) is 4.36. The fourth-order valence-corrected chi connectivity index (χ4v) is 4.36. The van der Waals surface area contributed by atoms with Gasteiger partial charge in [0.05, 0.1) is 31.7 Å². The molecule has 1 aliphatic rings. The van der Waals surface area contributed by atoms with E-state index in [2.05, 4.69) is 64.6 Å². The molecule has 0 unspecified atom stereocenters. The molecule has 0 saturated carbocycles. The van der Waals surface area contributed by atoms with Gasteiger partial charge in [-0.2, -0.15) is 5.10 Å². The summed E-state index contributed by atoms with van der Waals surface area (Å²) in [6.45, 7) is 6.48. The second kappa shape index (κ2) is 10.7. The van der Waals surface area contributed by atoms with E-state index in [0.29, 0.717) is 18.1 Å². The molecular weight excluding hydrogens is 442 g/mol. The Hall–Kier alpha value is -3.68. The second-order valence-corrected chi connectivity index (χ2v) is 8.37. The van der Waals surface area contributed by atoms with E-state index in [1.807, 2.05) is 12.1 Å². The summed E-state index contributed by atoms with van der Waals surface area (Å²) in [4.78, 5) is 14.8. The first-order valence-electron chi connectivity index (χ1n) is 12.0. The Labute approximate surface area is 204 Å². The Bertz CT molecular complexity index is 1290. The lowest BCUT2D eigenvalue weighted by atomic mass is 9.98. The van der Waals surface area contributed by atoms with Crippen molar-refractivity contribution in [2.75, 3.05) is 46.1 Å². The molecule has 2 heterocycles. The molecule has 5 rings (SSSR count). The molecule has 0 bridgehead atoms. The maximum atomic E-state index is 12.6. The van der Waals surface area contributed by atoms with Gasteiger partial charge in [0.15, 0.2) is 0 Å². The zero-order valence-corrected chi connectivity index (χ0v) is 19.9. The minimum absolute atomic E-state index is 0.289. The number of fused-ring (bicyclic) bond motifs is 1. The van der Waals surface area contributed by atoms with Gasteiger partial charge in [0.25, 0.3) is 0 Å². The predicted molar refractivity (Wildman–Crippen MR) is 135 cm³/mol. The maximum Gasteiger partial charge on any atom is 0.345 e. The largest absolute Gasteiger partial charge is 0.476 e. The second-order valence-electron chi connectivity index (χ2n) is 8.37. The first-order valence-corrected chi connectivity index (χ1v) is 12.0. The number of nitrogens with zero attached hydrogens (tertiary/aromatic N) is 3. The molecule has 7 heteroatoms. The summed E-state index contributed by atoms with van der Waals surface area (Å²) in [6.07, 6.45) is 1.51. The van der Waals surface area contributed by atoms with Gasteiger partial charge < -0.3 is 14.2 Å². The van der Waals surface area contributed by atoms with E-state index in [-0.39, 0.29) is 6.61 Å². The lowest BCUT2D eigenvalue weighted by Crippen LogP contribution is -2.38. The van der Waals surface area contributed by atoms with Crippen molar-refractivity contribution in [2.24, 2.45) is 0 Å². The van der Waals surface area contributed by atoms with Crippen LogP contribution in [0.15, 0.2) is 72.9 Å². The van der Waals surface area contributed by atoms with E-state index in [1.165, 1.54) is 22.5 Å². The van der Waals surface area contributed by atoms with Crippen molar-refractivity contribution in [1.82, 2.24) is 14.7 Å². The average Bonchev–Trinajstić information content (AvgIpc) is 3.33. The van der Waals surface area contributed by atoms with Crippen LogP contribution in [0.4, 0.5) is 0 Å². The number of ether oxygens (including phenoxy) is 3. The van der Waals surface area contributed by atoms with E-state index in [1.54, 1.807) is 11.6 Å². The summed E-state index contributed by atoms with van der Waals surface area (Å²) in [5.74, 6) is -0.0397. The highest BCUT2D eigenvalue weighted by molar-refractivity contribution is 5.96. The normalized spacial score (nSPS) is 14.2. The molecular formula is C28H29N3O4. The number of hydrogen-bond acceptors (Lipinski definition) is 6. The van der Waals surface area contributed by atoms with Gasteiger partial charge in [0, 0.05) is 19.6 Å². The standard InChI is InChI=1S/C28H29N3O4/c1-2-34-28(32)26-20-29-31(27(26)35-19-16-30-14-17-33-18-15-30)23-12-10-22(11-13-23)25-9-5-7-21-6-3-4-8-24(21)25/h3-13,20H,2,14-19H2,1H3.